The van der Waals surface area contributed by atoms with Gasteiger partial charge in [-0.05, 0) is 28.3 Å². The van der Waals surface area contributed by atoms with Gasteiger partial charge in [0.25, 0.3) is 0 Å². The van der Waals surface area contributed by atoms with Crippen LogP contribution in [-0.4, -0.2) is 10.7 Å². The van der Waals surface area contributed by atoms with E-state index in [1.54, 1.807) is 0 Å². The molecule has 54 valence electrons. The van der Waals surface area contributed by atoms with E-state index in [-0.39, 0.29) is 10.7 Å². The molecular formula is C6H12BrNO. The second kappa shape index (κ2) is 4.01. The maximum Gasteiger partial charge on any atom is 0.214 e. The van der Waals surface area contributed by atoms with Gasteiger partial charge in [-0.15, -0.1) is 0 Å². The third-order valence-corrected chi connectivity index (χ3v) is 1.60. The smallest absolute Gasteiger partial charge is 0.214 e. The summed E-state index contributed by atoms with van der Waals surface area (Å²) >= 11 is 2.80. The minimum Gasteiger partial charge on any atom is -0.321 e. The van der Waals surface area contributed by atoms with Crippen molar-refractivity contribution in [2.24, 2.45) is 11.7 Å². The first-order chi connectivity index (χ1) is 4.04. The molecule has 0 aliphatic rings. The van der Waals surface area contributed by atoms with Gasteiger partial charge in [-0.25, -0.2) is 0 Å². The third-order valence-electron chi connectivity index (χ3n) is 1.02. The van der Waals surface area contributed by atoms with E-state index in [1.807, 2.05) is 13.8 Å². The van der Waals surface area contributed by atoms with Crippen molar-refractivity contribution in [1.82, 2.24) is 0 Å². The van der Waals surface area contributed by atoms with Gasteiger partial charge in [-0.3, -0.25) is 4.79 Å². The molecular weight excluding hydrogens is 182 g/mol. The molecule has 0 aliphatic heterocycles. The van der Waals surface area contributed by atoms with Gasteiger partial charge in [-0.1, -0.05) is 13.8 Å². The van der Waals surface area contributed by atoms with Crippen molar-refractivity contribution >= 4 is 20.6 Å². The number of halogens is 1. The third kappa shape index (κ3) is 4.60. The first-order valence-corrected chi connectivity index (χ1v) is 3.78. The highest BCUT2D eigenvalue weighted by Gasteiger charge is 2.10. The Morgan fingerprint density at radius 2 is 2.11 bits per heavy atom. The molecule has 9 heavy (non-hydrogen) atoms. The first kappa shape index (κ1) is 9.11. The Labute approximate surface area is 63.9 Å². The molecule has 0 bridgehead atoms. The lowest BCUT2D eigenvalue weighted by Crippen LogP contribution is -2.27. The van der Waals surface area contributed by atoms with Crippen LogP contribution in [0.2, 0.25) is 0 Å². The van der Waals surface area contributed by atoms with Gasteiger partial charge in [0.2, 0.25) is 4.69 Å². The lowest BCUT2D eigenvalue weighted by Gasteiger charge is -2.07. The molecule has 0 fully saturated rings. The molecule has 0 aromatic carbocycles. The van der Waals surface area contributed by atoms with Crippen LogP contribution in [0.25, 0.3) is 0 Å². The molecule has 0 saturated carbocycles. The molecule has 0 unspecified atom stereocenters. The fourth-order valence-electron chi connectivity index (χ4n) is 0.601. The number of carbonyl (C=O) groups is 1. The summed E-state index contributed by atoms with van der Waals surface area (Å²) in [5.74, 6) is 0.487. The van der Waals surface area contributed by atoms with Crippen molar-refractivity contribution in [3.63, 3.8) is 0 Å². The molecule has 0 rings (SSSR count). The molecule has 0 saturated heterocycles. The van der Waals surface area contributed by atoms with Gasteiger partial charge in [0.15, 0.2) is 0 Å². The van der Waals surface area contributed by atoms with Crippen LogP contribution in [-0.2, 0) is 4.79 Å². The number of hydrogen-bond acceptors (Lipinski definition) is 2. The van der Waals surface area contributed by atoms with E-state index in [2.05, 4.69) is 15.9 Å². The lowest BCUT2D eigenvalue weighted by atomic mass is 10.1. The number of carbonyl (C=O) groups excluding carboxylic acids is 1. The summed E-state index contributed by atoms with van der Waals surface area (Å²) in [6, 6.07) is -0.329. The molecule has 0 aliphatic carbocycles. The largest absolute Gasteiger partial charge is 0.321 e. The lowest BCUT2D eigenvalue weighted by molar-refractivity contribution is -0.111. The molecule has 0 radical (unpaired) electrons. The molecule has 0 amide bonds. The highest BCUT2D eigenvalue weighted by Crippen LogP contribution is 2.05. The highest BCUT2D eigenvalue weighted by atomic mass is 79.9. The molecule has 1 atom stereocenters. The Morgan fingerprint density at radius 1 is 1.67 bits per heavy atom. The maximum absolute atomic E-state index is 10.5. The van der Waals surface area contributed by atoms with Crippen LogP contribution >= 0.6 is 15.9 Å². The monoisotopic (exact) mass is 193 g/mol. The van der Waals surface area contributed by atoms with Crippen molar-refractivity contribution in [2.45, 2.75) is 26.3 Å². The minimum atomic E-state index is -0.329. The van der Waals surface area contributed by atoms with Gasteiger partial charge in [-0.2, -0.15) is 0 Å². The zero-order chi connectivity index (χ0) is 7.44. The van der Waals surface area contributed by atoms with E-state index in [9.17, 15) is 4.79 Å². The normalized spacial score (nSPS) is 13.9. The van der Waals surface area contributed by atoms with Crippen LogP contribution in [0.4, 0.5) is 0 Å². The van der Waals surface area contributed by atoms with E-state index in [4.69, 9.17) is 5.73 Å². The Morgan fingerprint density at radius 3 is 2.22 bits per heavy atom. The van der Waals surface area contributed by atoms with E-state index < -0.39 is 0 Å². The van der Waals surface area contributed by atoms with E-state index in [0.29, 0.717) is 5.92 Å². The zero-order valence-electron chi connectivity index (χ0n) is 5.73. The average molecular weight is 194 g/mol. The summed E-state index contributed by atoms with van der Waals surface area (Å²) in [7, 11) is 0. The highest BCUT2D eigenvalue weighted by molar-refractivity contribution is 9.18. The van der Waals surface area contributed by atoms with Crippen LogP contribution in [0.5, 0.6) is 0 Å². The fraction of sp³-hybridized carbons (Fsp3) is 0.833. The van der Waals surface area contributed by atoms with Gasteiger partial charge in [0, 0.05) is 0 Å². The van der Waals surface area contributed by atoms with E-state index in [0.717, 1.165) is 6.42 Å². The Hall–Kier alpha value is 0.110. The molecule has 0 aromatic rings. The molecule has 0 aromatic heterocycles. The van der Waals surface area contributed by atoms with Gasteiger partial charge >= 0.3 is 0 Å². The van der Waals surface area contributed by atoms with Gasteiger partial charge < -0.3 is 5.73 Å². The topological polar surface area (TPSA) is 43.1 Å². The Kier molecular flexibility index (Phi) is 4.06. The van der Waals surface area contributed by atoms with Crippen molar-refractivity contribution in [3.8, 4) is 0 Å². The quantitative estimate of drug-likeness (QED) is 0.687. The Bertz CT molecular complexity index is 103. The van der Waals surface area contributed by atoms with Crippen molar-refractivity contribution < 1.29 is 4.79 Å². The van der Waals surface area contributed by atoms with E-state index in [1.165, 1.54) is 0 Å². The summed E-state index contributed by atoms with van der Waals surface area (Å²) < 4.78 is -0.101. The fourth-order valence-corrected chi connectivity index (χ4v) is 0.787. The number of rotatable bonds is 3. The molecule has 2 N–H and O–H groups in total. The maximum atomic E-state index is 10.5. The summed E-state index contributed by atoms with van der Waals surface area (Å²) in [6.07, 6.45) is 0.754. The van der Waals surface area contributed by atoms with Crippen LogP contribution in [0.15, 0.2) is 0 Å². The van der Waals surface area contributed by atoms with Crippen molar-refractivity contribution in [2.75, 3.05) is 0 Å². The number of hydrogen-bond donors (Lipinski definition) is 1. The molecule has 0 spiro atoms. The summed E-state index contributed by atoms with van der Waals surface area (Å²) in [5, 5.41) is 0. The average Bonchev–Trinajstić information content (AvgIpc) is 1.63. The summed E-state index contributed by atoms with van der Waals surface area (Å²) in [4.78, 5) is 10.5. The van der Waals surface area contributed by atoms with E-state index >= 15 is 0 Å². The molecule has 0 heterocycles. The zero-order valence-corrected chi connectivity index (χ0v) is 7.31. The Balaban J connectivity index is 3.50. The second-order valence-electron chi connectivity index (χ2n) is 2.54. The van der Waals surface area contributed by atoms with Crippen LogP contribution < -0.4 is 5.73 Å². The minimum absolute atomic E-state index is 0.101. The molecule has 3 heteroatoms. The van der Waals surface area contributed by atoms with Gasteiger partial charge in [0.1, 0.15) is 0 Å². The van der Waals surface area contributed by atoms with Crippen molar-refractivity contribution in [3.05, 3.63) is 0 Å². The summed E-state index contributed by atoms with van der Waals surface area (Å²) in [6.45, 7) is 4.08. The summed E-state index contributed by atoms with van der Waals surface area (Å²) in [5.41, 5.74) is 5.42. The van der Waals surface area contributed by atoms with Crippen LogP contribution in [0.3, 0.4) is 0 Å². The molecule has 2 nitrogen and oxygen atoms in total. The standard InChI is InChI=1S/C6H12BrNO/c1-4(2)3-5(8)6(7)9/h4-5H,3,8H2,1-2H3/t5-/m0/s1. The SMILES string of the molecule is CC(C)C[C@H](N)C(=O)Br. The van der Waals surface area contributed by atoms with Gasteiger partial charge in [0.05, 0.1) is 6.04 Å². The predicted octanol–water partition coefficient (Wildman–Crippen LogP) is 1.28. The van der Waals surface area contributed by atoms with Crippen LogP contribution in [0, 0.1) is 5.92 Å². The predicted molar refractivity (Wildman–Crippen MR) is 41.4 cm³/mol. The van der Waals surface area contributed by atoms with Crippen molar-refractivity contribution in [1.29, 1.82) is 0 Å². The number of nitrogens with two attached hydrogens (primary N) is 1. The van der Waals surface area contributed by atoms with Crippen LogP contribution in [0.1, 0.15) is 20.3 Å². The first-order valence-electron chi connectivity index (χ1n) is 2.99. The second-order valence-corrected chi connectivity index (χ2v) is 3.32.